The first kappa shape index (κ1) is 89.1. The Bertz CT molecular complexity index is 4990. The number of hydrogen-bond donors (Lipinski definition) is 1. The third-order valence-corrected chi connectivity index (χ3v) is 25.9. The van der Waals surface area contributed by atoms with E-state index >= 15 is 0 Å². The molecule has 0 saturated carbocycles. The van der Waals surface area contributed by atoms with Crippen LogP contribution in [0.4, 0.5) is 52.1 Å². The molecular weight excluding hydrogens is 1610 g/mol. The summed E-state index contributed by atoms with van der Waals surface area (Å²) in [5, 5.41) is 10.4. The summed E-state index contributed by atoms with van der Waals surface area (Å²) in [6, 6.07) is 14.2. The van der Waals surface area contributed by atoms with Crippen LogP contribution in [0, 0.1) is 46.3 Å². The van der Waals surface area contributed by atoms with Gasteiger partial charge < -0.3 is 87.8 Å². The number of halogens is 6. The van der Waals surface area contributed by atoms with E-state index in [9.17, 15) is 37.1 Å². The molecule has 0 radical (unpaired) electrons. The average Bonchev–Trinajstić information content (AvgIpc) is 0.801. The van der Waals surface area contributed by atoms with Crippen LogP contribution in [-0.4, -0.2) is 283 Å². The van der Waals surface area contributed by atoms with Gasteiger partial charge in [0.05, 0.1) is 69.8 Å². The lowest BCUT2D eigenvalue weighted by atomic mass is 10.0. The molecule has 6 saturated heterocycles. The molecule has 0 aliphatic carbocycles. The molecule has 1 N–H and O–H groups in total. The summed E-state index contributed by atoms with van der Waals surface area (Å²) < 4.78 is 74.7. The van der Waals surface area contributed by atoms with Crippen molar-refractivity contribution in [1.82, 2.24) is 59.3 Å². The first-order valence-electron chi connectivity index (χ1n) is 41.7. The van der Waals surface area contributed by atoms with Crippen LogP contribution in [0.2, 0.25) is 10.0 Å². The van der Waals surface area contributed by atoms with Gasteiger partial charge in [-0.05, 0) is 172 Å². The van der Waals surface area contributed by atoms with Crippen LogP contribution in [0.5, 0.6) is 18.0 Å². The van der Waals surface area contributed by atoms with Gasteiger partial charge >= 0.3 is 24.2 Å². The van der Waals surface area contributed by atoms with Crippen molar-refractivity contribution in [2.75, 3.05) is 188 Å². The number of aromatic nitrogens is 6. The predicted octanol–water partition coefficient (Wildman–Crippen LogP) is 10.3. The molecule has 3 amide bonds. The van der Waals surface area contributed by atoms with Gasteiger partial charge in [-0.3, -0.25) is 19.3 Å². The Hall–Kier alpha value is -10.7. The lowest BCUT2D eigenvalue weighted by Gasteiger charge is -2.41. The maximum Gasteiger partial charge on any atom is 0.419 e. The number of carbonyl (C=O) groups excluding carboxylic acids is 3. The van der Waals surface area contributed by atoms with E-state index in [0.717, 1.165) is 126 Å². The van der Waals surface area contributed by atoms with Gasteiger partial charge in [0.25, 0.3) is 0 Å². The Morgan fingerprint density at radius 3 is 1.29 bits per heavy atom. The number of carbonyl (C=O) groups is 3. The summed E-state index contributed by atoms with van der Waals surface area (Å²) in [5.41, 5.74) is 9.07. The predicted molar refractivity (Wildman–Crippen MR) is 462 cm³/mol. The van der Waals surface area contributed by atoms with Crippen molar-refractivity contribution in [3.8, 4) is 18.0 Å². The van der Waals surface area contributed by atoms with E-state index in [4.69, 9.17) is 82.0 Å². The highest BCUT2D eigenvalue weighted by molar-refractivity contribution is 6.34. The monoisotopic (exact) mass is 1720 g/mol. The minimum Gasteiger partial charge on any atom is -0.462 e. The van der Waals surface area contributed by atoms with Gasteiger partial charge in [0.15, 0.2) is 0 Å². The Morgan fingerprint density at radius 2 is 0.902 bits per heavy atom. The summed E-state index contributed by atoms with van der Waals surface area (Å²) >= 11 is 12.7. The van der Waals surface area contributed by atoms with E-state index in [-0.39, 0.29) is 104 Å². The van der Waals surface area contributed by atoms with Crippen LogP contribution in [0.25, 0.3) is 14.5 Å². The number of ether oxygens (including phenoxy) is 3. The molecule has 6 fully saturated rings. The fraction of sp³-hybridized carbons (Fsp3) is 0.523. The minimum absolute atomic E-state index is 0.0245. The Labute approximate surface area is 721 Å². The second-order valence-electron chi connectivity index (χ2n) is 32.6. The van der Waals surface area contributed by atoms with E-state index in [2.05, 4.69) is 88.8 Å². The standard InChI is InChI=1S/C30H38FN7O2.C29H33ClF3N7O3.C29H36ClN7O2/c1-6-28(39)38-15-14-37(17-23(38)16-32-4)29-24-11-13-36(27-10-9-25(31)20(2)21(27)3)18-26(24)33-30(34-29)40-19-22-8-7-12-35(22)5;1-4-25(42)40-11-10-39(14-19(40)13-34-2)27-21-8-9-38(24-7-5-6-22(30)26(24)29(31,32)33)16-23(21)35-28(36-27)43-17-18-12-20(41)15-37(18)3;1-5-26(38)37-15-14-36(17-22(37)16-31-3)28-23-11-13-35(25-10-6-8-20(2)27(25)30)18-24(23)32-29(33-28)39-19-21-9-7-12-34(21)4/h6,9-10,22-23H,1,7-8,11-19H2,2-3,5H3;4-7,18-20,41H,1,8-17H2,3H3;5-6,8,10,21-22H,1,7,9,11-19H2,2,4H3/t22-,23-;18-,19-,20+;21-,22-/m000/s1. The second-order valence-corrected chi connectivity index (χ2v) is 33.4. The molecule has 0 spiro atoms. The summed E-state index contributed by atoms with van der Waals surface area (Å²) in [6.07, 6.45) is 5.70. The number of fused-ring (bicyclic) bond motifs is 3. The number of aryl methyl sites for hydroxylation is 1. The number of β-amino-alcohol motifs (C(OH)–C–C–N with tert-alkyl or cyclic N) is 1. The fourth-order valence-corrected chi connectivity index (χ4v) is 18.6. The molecule has 0 unspecified atom stereocenters. The minimum atomic E-state index is -4.64. The van der Waals surface area contributed by atoms with Crippen molar-refractivity contribution < 1.29 is 51.3 Å². The number of aliphatic hydroxyl groups excluding tert-OH is 1. The molecule has 3 aromatic carbocycles. The van der Waals surface area contributed by atoms with E-state index in [1.165, 1.54) is 48.9 Å². The molecule has 0 bridgehead atoms. The van der Waals surface area contributed by atoms with Crippen molar-refractivity contribution in [1.29, 1.82) is 0 Å². The second kappa shape index (κ2) is 39.7. The zero-order valence-electron chi connectivity index (χ0n) is 70.2. The van der Waals surface area contributed by atoms with Crippen LogP contribution in [-0.2, 0) is 59.5 Å². The molecule has 122 heavy (non-hydrogen) atoms. The highest BCUT2D eigenvalue weighted by atomic mass is 35.5. The van der Waals surface area contributed by atoms with Crippen LogP contribution >= 0.6 is 23.2 Å². The van der Waals surface area contributed by atoms with Gasteiger partial charge in [0.1, 0.15) is 61.2 Å². The van der Waals surface area contributed by atoms with Gasteiger partial charge in [0, 0.05) is 126 Å². The smallest absolute Gasteiger partial charge is 0.419 e. The normalized spacial score (nSPS) is 21.8. The lowest BCUT2D eigenvalue weighted by Crippen LogP contribution is -2.56. The van der Waals surface area contributed by atoms with Crippen LogP contribution < -0.4 is 43.6 Å². The van der Waals surface area contributed by atoms with Crippen LogP contribution in [0.3, 0.4) is 0 Å². The SMILES string of the molecule is [C-]#[N+]C[C@H]1CN(c2nc(OC[C@@H]3CCCN3C)nc3c2CCN(c2ccc(F)c(C)c2C)C3)CCN1C(=O)C=C.[C-]#[N+]C[C@H]1CN(c2nc(OC[C@@H]3CCCN3C)nc3c2CCN(c2cccc(C)c2Cl)C3)CCN1C(=O)C=C.[C-]#[N+]C[C@H]1CN(c2nc(OC[C@@H]3C[C@@H](O)CN3C)nc3c2CCN(c2cccc(Cl)c2C(F)(F)F)C3)CCN1C(=O)C=C. The van der Waals surface area contributed by atoms with E-state index in [1.54, 1.807) is 19.6 Å². The first-order chi connectivity index (χ1) is 58.7. The molecular formula is C88H107Cl2F4N21O7. The maximum absolute atomic E-state index is 14.2. The van der Waals surface area contributed by atoms with Crippen molar-refractivity contribution in [3.63, 3.8) is 0 Å². The fourth-order valence-electron chi connectivity index (χ4n) is 18.1. The topological polar surface area (TPSA) is 228 Å². The van der Waals surface area contributed by atoms with Gasteiger partial charge in [0.2, 0.25) is 37.4 Å². The van der Waals surface area contributed by atoms with Gasteiger partial charge in [-0.15, -0.1) is 0 Å². The van der Waals surface area contributed by atoms with Gasteiger partial charge in [-0.1, -0.05) is 61.1 Å². The molecule has 9 aliphatic rings. The first-order valence-corrected chi connectivity index (χ1v) is 42.5. The number of likely N-dealkylation sites (tertiary alicyclic amines) is 3. The van der Waals surface area contributed by atoms with Crippen molar-refractivity contribution >= 4 is 75.4 Å². The summed E-state index contributed by atoms with van der Waals surface area (Å²) in [6.45, 7) is 50.9. The largest absolute Gasteiger partial charge is 0.462 e. The number of aliphatic hydroxyl groups is 1. The van der Waals surface area contributed by atoms with Crippen molar-refractivity contribution in [3.05, 3.63) is 193 Å². The number of nitrogens with zero attached hydrogens (tertiary/aromatic N) is 21. The number of rotatable bonds is 21. The highest BCUT2D eigenvalue weighted by Crippen LogP contribution is 2.44. The van der Waals surface area contributed by atoms with Crippen LogP contribution in [0.15, 0.2) is 86.5 Å². The maximum atomic E-state index is 14.2. The van der Waals surface area contributed by atoms with Crippen molar-refractivity contribution in [2.24, 2.45) is 0 Å². The van der Waals surface area contributed by atoms with Gasteiger partial charge in [-0.2, -0.15) is 43.1 Å². The Kier molecular flexibility index (Phi) is 29.0. The molecule has 34 heteroatoms. The molecule has 28 nitrogen and oxygen atoms in total. The number of benzene rings is 3. The molecule has 6 aromatic rings. The van der Waals surface area contributed by atoms with E-state index in [0.29, 0.717) is 146 Å². The zero-order valence-corrected chi connectivity index (χ0v) is 71.7. The van der Waals surface area contributed by atoms with Crippen LogP contribution in [0.1, 0.15) is 88.1 Å². The third kappa shape index (κ3) is 20.2. The molecule has 15 rings (SSSR count). The number of anilines is 6. The Balaban J connectivity index is 0.000000158. The summed E-state index contributed by atoms with van der Waals surface area (Å²) in [4.78, 5) is 101. The molecule has 9 aliphatic heterocycles. The number of hydrogen-bond acceptors (Lipinski definition) is 22. The molecule has 648 valence electrons. The van der Waals surface area contributed by atoms with Gasteiger partial charge in [-0.25, -0.2) is 24.1 Å². The quantitative estimate of drug-likeness (QED) is 0.0401. The summed E-state index contributed by atoms with van der Waals surface area (Å²) in [5.74, 6) is 1.54. The summed E-state index contributed by atoms with van der Waals surface area (Å²) in [7, 11) is 6.14. The number of amides is 3. The van der Waals surface area contributed by atoms with E-state index < -0.39 is 17.8 Å². The average molecular weight is 1720 g/mol. The lowest BCUT2D eigenvalue weighted by molar-refractivity contribution is -0.137. The highest BCUT2D eigenvalue weighted by Gasteiger charge is 2.43. The molecule has 12 heterocycles. The van der Waals surface area contributed by atoms with Crippen molar-refractivity contribution in [2.45, 2.75) is 140 Å². The molecule has 3 aromatic heterocycles. The zero-order chi connectivity index (χ0) is 86.8. The number of piperazine rings is 3. The molecule has 7 atom stereocenters. The number of likely N-dealkylation sites (N-methyl/N-ethyl adjacent to an activating group) is 3. The number of alkyl halides is 3. The third-order valence-electron chi connectivity index (χ3n) is 25.1. The van der Waals surface area contributed by atoms with E-state index in [1.807, 2.05) is 55.8 Å². The Morgan fingerprint density at radius 1 is 0.500 bits per heavy atom.